The van der Waals surface area contributed by atoms with Crippen molar-refractivity contribution in [1.82, 2.24) is 24.7 Å². The summed E-state index contributed by atoms with van der Waals surface area (Å²) in [6, 6.07) is 9.92. The van der Waals surface area contributed by atoms with Crippen LogP contribution in [0.5, 0.6) is 17.2 Å². The molecule has 3 aliphatic heterocycles. The quantitative estimate of drug-likeness (QED) is 0.229. The third-order valence-electron chi connectivity index (χ3n) is 10.9. The minimum atomic E-state index is -0.546. The van der Waals surface area contributed by atoms with Gasteiger partial charge in [0.25, 0.3) is 11.5 Å². The standard InChI is InChI=1S/C42H46N6O9/c1-45-25-33(30-9-15-43-24-32(30)41(45)52)31-23-36(55-3)26(22-37(31)56-4)6-8-39(50)46-16-10-28(11-17-46)57-29-12-18-47(19-13-29)40(51)27-5-7-35(54-2)34(21-27)48-20-14-38(49)44-42(48)53/h5-9,15,21-25,28-29H,10-14,16-20H2,1-4H3,(H,44,49,53)/b8-6+. The maximum atomic E-state index is 13.5. The van der Waals surface area contributed by atoms with Gasteiger partial charge in [0.05, 0.1) is 44.6 Å². The first kappa shape index (κ1) is 39.0. The summed E-state index contributed by atoms with van der Waals surface area (Å²) in [4.78, 5) is 72.9. The van der Waals surface area contributed by atoms with Crippen LogP contribution in [0.2, 0.25) is 0 Å². The highest BCUT2D eigenvalue weighted by Gasteiger charge is 2.31. The molecule has 3 aliphatic rings. The molecule has 3 fully saturated rings. The third-order valence-corrected chi connectivity index (χ3v) is 10.9. The Morgan fingerprint density at radius 2 is 1.47 bits per heavy atom. The van der Waals surface area contributed by atoms with Gasteiger partial charge in [-0.2, -0.15) is 0 Å². The van der Waals surface area contributed by atoms with Crippen molar-refractivity contribution in [3.05, 3.63) is 82.5 Å². The molecule has 7 rings (SSSR count). The van der Waals surface area contributed by atoms with Crippen LogP contribution in [-0.4, -0.2) is 109 Å². The molecule has 0 unspecified atom stereocenters. The number of benzene rings is 2. The van der Waals surface area contributed by atoms with E-state index in [0.29, 0.717) is 91.3 Å². The van der Waals surface area contributed by atoms with Crippen molar-refractivity contribution in [2.45, 2.75) is 44.3 Å². The number of hydrogen-bond donors (Lipinski definition) is 1. The monoisotopic (exact) mass is 778 g/mol. The number of carbonyl (C=O) groups excluding carboxylic acids is 4. The van der Waals surface area contributed by atoms with Crippen LogP contribution >= 0.6 is 0 Å². The second-order valence-corrected chi connectivity index (χ2v) is 14.3. The minimum Gasteiger partial charge on any atom is -0.496 e. The largest absolute Gasteiger partial charge is 0.496 e. The SMILES string of the molecule is COc1cc(-c2cn(C)c(=O)c3cnccc23)c(OC)cc1/C=C/C(=O)N1CCC(OC2CCN(C(=O)c3ccc(OC)c(N4CCC(=O)NC4=O)c3)CC2)CC1. The number of nitrogens with one attached hydrogen (secondary N) is 1. The number of imide groups is 1. The molecule has 298 valence electrons. The summed E-state index contributed by atoms with van der Waals surface area (Å²) < 4.78 is 25.0. The van der Waals surface area contributed by atoms with Gasteiger partial charge < -0.3 is 33.3 Å². The molecule has 4 aromatic rings. The average molecular weight is 779 g/mol. The Labute approximate surface area is 329 Å². The van der Waals surface area contributed by atoms with E-state index in [1.165, 1.54) is 16.6 Å². The van der Waals surface area contributed by atoms with Crippen LogP contribution in [0, 0.1) is 0 Å². The molecular weight excluding hydrogens is 732 g/mol. The van der Waals surface area contributed by atoms with Crippen LogP contribution in [-0.2, 0) is 21.4 Å². The maximum Gasteiger partial charge on any atom is 0.328 e. The van der Waals surface area contributed by atoms with Crippen LogP contribution in [0.15, 0.2) is 65.9 Å². The smallest absolute Gasteiger partial charge is 0.328 e. The highest BCUT2D eigenvalue weighted by Crippen LogP contribution is 2.39. The van der Waals surface area contributed by atoms with Gasteiger partial charge in [-0.15, -0.1) is 0 Å². The number of fused-ring (bicyclic) bond motifs is 1. The van der Waals surface area contributed by atoms with Crippen LogP contribution in [0.25, 0.3) is 28.0 Å². The van der Waals surface area contributed by atoms with E-state index >= 15 is 0 Å². The number of ether oxygens (including phenoxy) is 4. The Morgan fingerprint density at radius 1 is 0.789 bits per heavy atom. The molecule has 0 aliphatic carbocycles. The predicted molar refractivity (Wildman–Crippen MR) is 213 cm³/mol. The molecule has 0 bridgehead atoms. The first-order valence-electron chi connectivity index (χ1n) is 19.0. The second kappa shape index (κ2) is 16.9. The van der Waals surface area contributed by atoms with E-state index < -0.39 is 6.03 Å². The molecular formula is C42H46N6O9. The lowest BCUT2D eigenvalue weighted by Gasteiger charge is -2.37. The van der Waals surface area contributed by atoms with E-state index in [2.05, 4.69) is 10.3 Å². The topological polar surface area (TPSA) is 162 Å². The Hall–Kier alpha value is -6.22. The van der Waals surface area contributed by atoms with Crippen LogP contribution < -0.4 is 30.0 Å². The number of piperidine rings is 2. The van der Waals surface area contributed by atoms with Crippen molar-refractivity contribution in [1.29, 1.82) is 0 Å². The van der Waals surface area contributed by atoms with Crippen LogP contribution in [0.3, 0.4) is 0 Å². The molecule has 3 saturated heterocycles. The molecule has 1 N–H and O–H groups in total. The van der Waals surface area contributed by atoms with E-state index in [1.54, 1.807) is 81.2 Å². The number of hydrogen-bond acceptors (Lipinski definition) is 10. The minimum absolute atomic E-state index is 0.00281. The van der Waals surface area contributed by atoms with Gasteiger partial charge in [-0.25, -0.2) is 4.79 Å². The first-order chi connectivity index (χ1) is 27.6. The summed E-state index contributed by atoms with van der Waals surface area (Å²) in [6.07, 6.45) is 11.2. The summed E-state index contributed by atoms with van der Waals surface area (Å²) in [5.74, 6) is 0.946. The number of rotatable bonds is 10. The van der Waals surface area contributed by atoms with Gasteiger partial charge in [0, 0.05) is 93.1 Å². The molecule has 2 aromatic carbocycles. The number of aryl methyl sites for hydroxylation is 1. The number of likely N-dealkylation sites (tertiary alicyclic amines) is 2. The lowest BCUT2D eigenvalue weighted by atomic mass is 9.98. The number of aromatic nitrogens is 2. The molecule has 0 saturated carbocycles. The van der Waals surface area contributed by atoms with Crippen LogP contribution in [0.4, 0.5) is 10.5 Å². The normalized spacial score (nSPS) is 16.9. The number of amides is 5. The maximum absolute atomic E-state index is 13.5. The summed E-state index contributed by atoms with van der Waals surface area (Å²) in [5.41, 5.74) is 2.92. The van der Waals surface area contributed by atoms with Gasteiger partial charge in [-0.3, -0.25) is 34.4 Å². The molecule has 15 nitrogen and oxygen atoms in total. The molecule has 2 aromatic heterocycles. The van der Waals surface area contributed by atoms with Crippen LogP contribution in [0.1, 0.15) is 48.0 Å². The van der Waals surface area contributed by atoms with Crippen molar-refractivity contribution in [3.8, 4) is 28.4 Å². The Kier molecular flexibility index (Phi) is 11.6. The lowest BCUT2D eigenvalue weighted by molar-refractivity contribution is -0.130. The highest BCUT2D eigenvalue weighted by atomic mass is 16.5. The average Bonchev–Trinajstić information content (AvgIpc) is 3.24. The number of pyridine rings is 2. The second-order valence-electron chi connectivity index (χ2n) is 14.3. The van der Waals surface area contributed by atoms with E-state index in [9.17, 15) is 24.0 Å². The summed E-state index contributed by atoms with van der Waals surface area (Å²) >= 11 is 0. The number of anilines is 1. The molecule has 57 heavy (non-hydrogen) atoms. The Balaban J connectivity index is 0.927. The predicted octanol–water partition coefficient (Wildman–Crippen LogP) is 4.40. The zero-order valence-electron chi connectivity index (χ0n) is 32.5. The van der Waals surface area contributed by atoms with Gasteiger partial charge in [-0.05, 0) is 73.5 Å². The summed E-state index contributed by atoms with van der Waals surface area (Å²) in [6.45, 7) is 2.37. The van der Waals surface area contributed by atoms with E-state index in [-0.39, 0.29) is 48.5 Å². The molecule has 5 amide bonds. The van der Waals surface area contributed by atoms with Crippen molar-refractivity contribution >= 4 is 46.3 Å². The fourth-order valence-electron chi connectivity index (χ4n) is 7.74. The molecule has 5 heterocycles. The van der Waals surface area contributed by atoms with E-state index in [0.717, 1.165) is 16.5 Å². The van der Waals surface area contributed by atoms with Gasteiger partial charge in [0.15, 0.2) is 0 Å². The number of carbonyl (C=O) groups is 4. The molecule has 0 spiro atoms. The zero-order valence-corrected chi connectivity index (χ0v) is 32.5. The van der Waals surface area contributed by atoms with E-state index in [4.69, 9.17) is 18.9 Å². The third kappa shape index (κ3) is 8.19. The fourth-order valence-corrected chi connectivity index (χ4v) is 7.74. The van der Waals surface area contributed by atoms with Gasteiger partial charge in [-0.1, -0.05) is 0 Å². The number of nitrogens with zero attached hydrogens (tertiary/aromatic N) is 5. The molecule has 0 radical (unpaired) electrons. The van der Waals surface area contributed by atoms with Gasteiger partial charge >= 0.3 is 6.03 Å². The van der Waals surface area contributed by atoms with Crippen molar-refractivity contribution < 1.29 is 38.1 Å². The number of methoxy groups -OCH3 is 3. The highest BCUT2D eigenvalue weighted by molar-refractivity contribution is 6.07. The first-order valence-corrected chi connectivity index (χ1v) is 19.0. The molecule has 15 heteroatoms. The Morgan fingerprint density at radius 3 is 2.14 bits per heavy atom. The summed E-state index contributed by atoms with van der Waals surface area (Å²) in [5, 5.41) is 3.55. The lowest BCUT2D eigenvalue weighted by Crippen LogP contribution is -2.49. The van der Waals surface area contributed by atoms with Gasteiger partial charge in [0.2, 0.25) is 11.8 Å². The zero-order chi connectivity index (χ0) is 40.2. The van der Waals surface area contributed by atoms with Gasteiger partial charge in [0.1, 0.15) is 17.2 Å². The van der Waals surface area contributed by atoms with Crippen molar-refractivity contribution in [2.75, 3.05) is 59.0 Å². The molecule has 0 atom stereocenters. The summed E-state index contributed by atoms with van der Waals surface area (Å²) in [7, 11) is 6.34. The Bertz CT molecular complexity index is 2290. The number of urea groups is 1. The van der Waals surface area contributed by atoms with Crippen molar-refractivity contribution in [3.63, 3.8) is 0 Å². The van der Waals surface area contributed by atoms with Crippen molar-refractivity contribution in [2.24, 2.45) is 7.05 Å². The fraction of sp³-hybridized carbons (Fsp3) is 0.381. The van der Waals surface area contributed by atoms with E-state index in [1.807, 2.05) is 17.0 Å².